The second-order valence-corrected chi connectivity index (χ2v) is 4.19. The molecule has 1 heterocycles. The number of hydrogen-bond acceptors (Lipinski definition) is 3. The lowest BCUT2D eigenvalue weighted by molar-refractivity contribution is -0.0225. The van der Waals surface area contributed by atoms with E-state index in [1.54, 1.807) is 0 Å². The summed E-state index contributed by atoms with van der Waals surface area (Å²) in [4.78, 5) is 0. The van der Waals surface area contributed by atoms with Crippen molar-refractivity contribution >= 4 is 0 Å². The van der Waals surface area contributed by atoms with Gasteiger partial charge in [0, 0.05) is 13.2 Å². The number of nitrogens with one attached hydrogen (secondary N) is 1. The van der Waals surface area contributed by atoms with Crippen LogP contribution in [0.5, 0.6) is 0 Å². The Labute approximate surface area is 93.5 Å². The predicted octanol–water partition coefficient (Wildman–Crippen LogP) is 1.96. The van der Waals surface area contributed by atoms with E-state index in [0.29, 0.717) is 12.2 Å². The average molecular weight is 215 g/mol. The quantitative estimate of drug-likeness (QED) is 0.671. The molecule has 0 aliphatic carbocycles. The third kappa shape index (κ3) is 5.50. The Bertz CT molecular complexity index is 147. The first-order valence-electron chi connectivity index (χ1n) is 6.30. The zero-order valence-electron chi connectivity index (χ0n) is 10.1. The number of hydrogen-bond donors (Lipinski definition) is 1. The van der Waals surface area contributed by atoms with E-state index >= 15 is 0 Å². The molecule has 1 aliphatic heterocycles. The van der Waals surface area contributed by atoms with Gasteiger partial charge >= 0.3 is 0 Å². The van der Waals surface area contributed by atoms with Crippen molar-refractivity contribution in [3.05, 3.63) is 0 Å². The summed E-state index contributed by atoms with van der Waals surface area (Å²) in [7, 11) is 0. The van der Waals surface area contributed by atoms with Crippen molar-refractivity contribution in [2.45, 2.75) is 51.7 Å². The Hall–Kier alpha value is -0.120. The van der Waals surface area contributed by atoms with Gasteiger partial charge in [0.15, 0.2) is 0 Å². The molecular weight excluding hydrogens is 190 g/mol. The van der Waals surface area contributed by atoms with Crippen LogP contribution in [0.3, 0.4) is 0 Å². The molecule has 0 aromatic rings. The maximum absolute atomic E-state index is 5.88. The van der Waals surface area contributed by atoms with Gasteiger partial charge in [-0.05, 0) is 25.8 Å². The number of rotatable bonds is 8. The second-order valence-electron chi connectivity index (χ2n) is 4.19. The SMILES string of the molecule is CCCC(CNCC)OCC1CCCO1. The highest BCUT2D eigenvalue weighted by molar-refractivity contribution is 4.67. The van der Waals surface area contributed by atoms with Crippen LogP contribution in [0, 0.1) is 0 Å². The molecule has 3 nitrogen and oxygen atoms in total. The maximum atomic E-state index is 5.88. The van der Waals surface area contributed by atoms with Gasteiger partial charge < -0.3 is 14.8 Å². The van der Waals surface area contributed by atoms with Gasteiger partial charge in [-0.1, -0.05) is 20.3 Å². The summed E-state index contributed by atoms with van der Waals surface area (Å²) in [5, 5.41) is 3.34. The molecule has 90 valence electrons. The van der Waals surface area contributed by atoms with Crippen LogP contribution in [0.4, 0.5) is 0 Å². The van der Waals surface area contributed by atoms with Crippen molar-refractivity contribution in [3.8, 4) is 0 Å². The van der Waals surface area contributed by atoms with E-state index in [2.05, 4.69) is 19.2 Å². The summed E-state index contributed by atoms with van der Waals surface area (Å²) in [5.41, 5.74) is 0. The third-order valence-electron chi connectivity index (χ3n) is 2.77. The highest BCUT2D eigenvalue weighted by Crippen LogP contribution is 2.13. The van der Waals surface area contributed by atoms with E-state index in [0.717, 1.165) is 32.7 Å². The Kier molecular flexibility index (Phi) is 6.98. The predicted molar refractivity (Wildman–Crippen MR) is 62.2 cm³/mol. The minimum Gasteiger partial charge on any atom is -0.376 e. The monoisotopic (exact) mass is 215 g/mol. The molecule has 1 fully saturated rings. The van der Waals surface area contributed by atoms with Crippen molar-refractivity contribution in [1.29, 1.82) is 0 Å². The Morgan fingerprint density at radius 3 is 2.93 bits per heavy atom. The van der Waals surface area contributed by atoms with Crippen LogP contribution in [0.25, 0.3) is 0 Å². The number of ether oxygens (including phenoxy) is 2. The van der Waals surface area contributed by atoms with E-state index in [1.165, 1.54) is 19.3 Å². The van der Waals surface area contributed by atoms with Gasteiger partial charge in [-0.2, -0.15) is 0 Å². The third-order valence-corrected chi connectivity index (χ3v) is 2.77. The van der Waals surface area contributed by atoms with E-state index < -0.39 is 0 Å². The minimum atomic E-state index is 0.353. The van der Waals surface area contributed by atoms with Gasteiger partial charge in [0.25, 0.3) is 0 Å². The van der Waals surface area contributed by atoms with E-state index in [4.69, 9.17) is 9.47 Å². The molecule has 1 aliphatic rings. The minimum absolute atomic E-state index is 0.353. The van der Waals surface area contributed by atoms with Gasteiger partial charge in [0.2, 0.25) is 0 Å². The van der Waals surface area contributed by atoms with Gasteiger partial charge in [-0.25, -0.2) is 0 Å². The summed E-state index contributed by atoms with van der Waals surface area (Å²) in [6, 6.07) is 0. The lowest BCUT2D eigenvalue weighted by Crippen LogP contribution is -2.31. The highest BCUT2D eigenvalue weighted by Gasteiger charge is 2.17. The molecule has 1 N–H and O–H groups in total. The van der Waals surface area contributed by atoms with E-state index in [1.807, 2.05) is 0 Å². The fourth-order valence-electron chi connectivity index (χ4n) is 1.89. The molecule has 0 amide bonds. The summed E-state index contributed by atoms with van der Waals surface area (Å²) < 4.78 is 11.4. The van der Waals surface area contributed by atoms with Crippen LogP contribution >= 0.6 is 0 Å². The molecule has 2 atom stereocenters. The van der Waals surface area contributed by atoms with E-state index in [9.17, 15) is 0 Å². The average Bonchev–Trinajstić information content (AvgIpc) is 2.75. The summed E-state index contributed by atoms with van der Waals surface area (Å²) in [5.74, 6) is 0. The van der Waals surface area contributed by atoms with Crippen molar-refractivity contribution in [2.24, 2.45) is 0 Å². The molecular formula is C12H25NO2. The van der Waals surface area contributed by atoms with Crippen LogP contribution < -0.4 is 5.32 Å². The molecule has 0 aromatic carbocycles. The molecule has 15 heavy (non-hydrogen) atoms. The zero-order valence-corrected chi connectivity index (χ0v) is 10.1. The van der Waals surface area contributed by atoms with Crippen LogP contribution in [-0.2, 0) is 9.47 Å². The maximum Gasteiger partial charge on any atom is 0.0809 e. The summed E-state index contributed by atoms with van der Waals surface area (Å²) in [6.07, 6.45) is 5.39. The van der Waals surface area contributed by atoms with Crippen LogP contribution in [0.2, 0.25) is 0 Å². The molecule has 2 unspecified atom stereocenters. The molecule has 0 saturated carbocycles. The first kappa shape index (κ1) is 12.9. The fourth-order valence-corrected chi connectivity index (χ4v) is 1.89. The zero-order chi connectivity index (χ0) is 10.9. The largest absolute Gasteiger partial charge is 0.376 e. The molecule has 1 saturated heterocycles. The van der Waals surface area contributed by atoms with Crippen molar-refractivity contribution in [2.75, 3.05) is 26.3 Å². The van der Waals surface area contributed by atoms with Crippen molar-refractivity contribution < 1.29 is 9.47 Å². The highest BCUT2D eigenvalue weighted by atomic mass is 16.5. The molecule has 1 rings (SSSR count). The summed E-state index contributed by atoms with van der Waals surface area (Å²) >= 11 is 0. The van der Waals surface area contributed by atoms with Crippen molar-refractivity contribution in [3.63, 3.8) is 0 Å². The molecule has 0 radical (unpaired) electrons. The van der Waals surface area contributed by atoms with Gasteiger partial charge in [-0.15, -0.1) is 0 Å². The van der Waals surface area contributed by atoms with Gasteiger partial charge in [0.05, 0.1) is 18.8 Å². The van der Waals surface area contributed by atoms with Gasteiger partial charge in [-0.3, -0.25) is 0 Å². The lowest BCUT2D eigenvalue weighted by Gasteiger charge is -2.19. The molecule has 0 aromatic heterocycles. The summed E-state index contributed by atoms with van der Waals surface area (Å²) in [6.45, 7) is 8.01. The molecule has 3 heteroatoms. The Morgan fingerprint density at radius 1 is 1.47 bits per heavy atom. The smallest absolute Gasteiger partial charge is 0.0809 e. The second kappa shape index (κ2) is 8.08. The molecule has 0 bridgehead atoms. The van der Waals surface area contributed by atoms with Crippen LogP contribution in [0.1, 0.15) is 39.5 Å². The molecule has 0 spiro atoms. The normalized spacial score (nSPS) is 23.2. The van der Waals surface area contributed by atoms with Crippen LogP contribution in [0.15, 0.2) is 0 Å². The van der Waals surface area contributed by atoms with Gasteiger partial charge in [0.1, 0.15) is 0 Å². The van der Waals surface area contributed by atoms with E-state index in [-0.39, 0.29) is 0 Å². The lowest BCUT2D eigenvalue weighted by atomic mass is 10.2. The topological polar surface area (TPSA) is 30.5 Å². The number of likely N-dealkylation sites (N-methyl/N-ethyl adjacent to an activating group) is 1. The first-order chi connectivity index (χ1) is 7.36. The Balaban J connectivity index is 2.11. The van der Waals surface area contributed by atoms with Crippen LogP contribution in [-0.4, -0.2) is 38.5 Å². The first-order valence-corrected chi connectivity index (χ1v) is 6.30. The Morgan fingerprint density at radius 2 is 2.33 bits per heavy atom. The fraction of sp³-hybridized carbons (Fsp3) is 1.00. The standard InChI is InChI=1S/C12H25NO2/c1-3-6-11(9-13-4-2)15-10-12-7-5-8-14-12/h11-13H,3-10H2,1-2H3. The van der Waals surface area contributed by atoms with Crippen molar-refractivity contribution in [1.82, 2.24) is 5.32 Å².